The summed E-state index contributed by atoms with van der Waals surface area (Å²) in [5.41, 5.74) is 0. The van der Waals surface area contributed by atoms with Crippen LogP contribution in [0.2, 0.25) is 0 Å². The Labute approximate surface area is 150 Å². The normalized spacial score (nSPS) is 24.9. The van der Waals surface area contributed by atoms with Crippen LogP contribution in [-0.4, -0.2) is 60.4 Å². The van der Waals surface area contributed by atoms with Crippen LogP contribution in [0.5, 0.6) is 0 Å². The molecule has 2 aliphatic rings. The lowest BCUT2D eigenvalue weighted by Crippen LogP contribution is -2.47. The maximum absolute atomic E-state index is 12.4. The van der Waals surface area contributed by atoms with Crippen molar-refractivity contribution in [3.63, 3.8) is 0 Å². The first-order valence-electron chi connectivity index (χ1n) is 8.43. The summed E-state index contributed by atoms with van der Waals surface area (Å²) < 4.78 is 0. The van der Waals surface area contributed by atoms with Crippen LogP contribution in [0.1, 0.15) is 33.1 Å². The fourth-order valence-electron chi connectivity index (χ4n) is 3.00. The molecule has 0 saturated carbocycles. The smallest absolute Gasteiger partial charge is 0.224 e. The van der Waals surface area contributed by atoms with Crippen LogP contribution in [0.15, 0.2) is 0 Å². The zero-order valence-corrected chi connectivity index (χ0v) is 15.8. The van der Waals surface area contributed by atoms with E-state index in [4.69, 9.17) is 0 Å². The topological polar surface area (TPSA) is 61.4 Å². The third-order valence-electron chi connectivity index (χ3n) is 4.38. The van der Waals surface area contributed by atoms with E-state index >= 15 is 0 Å². The molecule has 0 aliphatic carbocycles. The number of hydrogen-bond acceptors (Lipinski definition) is 4. The molecule has 2 aliphatic heterocycles. The Morgan fingerprint density at radius 2 is 2.17 bits per heavy atom. The van der Waals surface area contributed by atoms with Crippen molar-refractivity contribution in [3.05, 3.63) is 0 Å². The van der Waals surface area contributed by atoms with E-state index < -0.39 is 0 Å². The maximum atomic E-state index is 12.4. The lowest BCUT2D eigenvalue weighted by Gasteiger charge is -2.34. The molecule has 0 aromatic heterocycles. The number of nitrogens with zero attached hydrogens (tertiary/aromatic N) is 1. The fourth-order valence-corrected chi connectivity index (χ4v) is 3.95. The van der Waals surface area contributed by atoms with Crippen molar-refractivity contribution in [1.82, 2.24) is 15.5 Å². The van der Waals surface area contributed by atoms with Crippen LogP contribution in [0.25, 0.3) is 0 Å². The minimum Gasteiger partial charge on any atom is -0.356 e. The van der Waals surface area contributed by atoms with E-state index in [1.807, 2.05) is 30.5 Å². The Morgan fingerprint density at radius 3 is 2.83 bits per heavy atom. The molecule has 2 N–H and O–H groups in total. The number of amides is 2. The van der Waals surface area contributed by atoms with Crippen molar-refractivity contribution < 1.29 is 9.59 Å². The number of carbonyl (C=O) groups excluding carboxylic acids is 2. The third-order valence-corrected chi connectivity index (χ3v) is 5.51. The molecule has 23 heavy (non-hydrogen) atoms. The second-order valence-corrected chi connectivity index (χ2v) is 7.83. The highest BCUT2D eigenvalue weighted by Gasteiger charge is 2.26. The highest BCUT2D eigenvalue weighted by atomic mass is 35.5. The van der Waals surface area contributed by atoms with Gasteiger partial charge in [-0.3, -0.25) is 9.59 Å². The van der Waals surface area contributed by atoms with E-state index in [-0.39, 0.29) is 30.1 Å². The van der Waals surface area contributed by atoms with Crippen molar-refractivity contribution in [1.29, 1.82) is 0 Å². The minimum absolute atomic E-state index is 0. The van der Waals surface area contributed by atoms with Crippen LogP contribution >= 0.6 is 24.2 Å². The van der Waals surface area contributed by atoms with E-state index in [0.29, 0.717) is 24.9 Å². The van der Waals surface area contributed by atoms with Crippen molar-refractivity contribution in [3.8, 4) is 0 Å². The first-order valence-corrected chi connectivity index (χ1v) is 9.58. The van der Waals surface area contributed by atoms with Gasteiger partial charge in [0.25, 0.3) is 0 Å². The van der Waals surface area contributed by atoms with Gasteiger partial charge in [-0.2, -0.15) is 11.8 Å². The van der Waals surface area contributed by atoms with Crippen LogP contribution in [0.4, 0.5) is 0 Å². The molecule has 134 valence electrons. The lowest BCUT2D eigenvalue weighted by molar-refractivity contribution is -0.133. The molecule has 7 heteroatoms. The molecule has 2 saturated heterocycles. The van der Waals surface area contributed by atoms with Crippen LogP contribution < -0.4 is 10.6 Å². The predicted molar refractivity (Wildman–Crippen MR) is 98.1 cm³/mol. The summed E-state index contributed by atoms with van der Waals surface area (Å²) in [7, 11) is 0. The van der Waals surface area contributed by atoms with Crippen molar-refractivity contribution in [2.45, 2.75) is 39.2 Å². The Bertz CT molecular complexity index is 390. The fraction of sp³-hybridized carbons (Fsp3) is 0.875. The second-order valence-electron chi connectivity index (χ2n) is 6.68. The van der Waals surface area contributed by atoms with Crippen molar-refractivity contribution in [2.75, 3.05) is 37.7 Å². The molecule has 2 heterocycles. The molecule has 2 fully saturated rings. The van der Waals surface area contributed by atoms with Gasteiger partial charge >= 0.3 is 0 Å². The molecule has 0 aromatic carbocycles. The second kappa shape index (κ2) is 10.4. The number of thioether (sulfide) groups is 1. The summed E-state index contributed by atoms with van der Waals surface area (Å²) in [6, 6.07) is 0.326. The summed E-state index contributed by atoms with van der Waals surface area (Å²) in [6.45, 7) is 7.16. The lowest BCUT2D eigenvalue weighted by atomic mass is 9.97. The van der Waals surface area contributed by atoms with Crippen LogP contribution in [-0.2, 0) is 9.59 Å². The van der Waals surface area contributed by atoms with Gasteiger partial charge in [-0.1, -0.05) is 13.8 Å². The summed E-state index contributed by atoms with van der Waals surface area (Å²) in [4.78, 5) is 26.1. The van der Waals surface area contributed by atoms with Gasteiger partial charge in [-0.05, 0) is 18.8 Å². The molecule has 2 amide bonds. The summed E-state index contributed by atoms with van der Waals surface area (Å²) in [5.74, 6) is 2.97. The van der Waals surface area contributed by atoms with Gasteiger partial charge in [-0.25, -0.2) is 0 Å². The van der Waals surface area contributed by atoms with Gasteiger partial charge in [-0.15, -0.1) is 12.4 Å². The molecule has 2 unspecified atom stereocenters. The number of rotatable bonds is 5. The van der Waals surface area contributed by atoms with Gasteiger partial charge in [0.2, 0.25) is 11.8 Å². The maximum Gasteiger partial charge on any atom is 0.224 e. The number of likely N-dealkylation sites (tertiary alicyclic amines) is 1. The molecule has 5 nitrogen and oxygen atoms in total. The van der Waals surface area contributed by atoms with E-state index in [1.54, 1.807) is 0 Å². The van der Waals surface area contributed by atoms with Gasteiger partial charge in [0.1, 0.15) is 0 Å². The average Bonchev–Trinajstić information content (AvgIpc) is 2.53. The molecule has 0 radical (unpaired) electrons. The molecular formula is C16H30ClN3O2S. The first-order chi connectivity index (χ1) is 10.6. The zero-order valence-electron chi connectivity index (χ0n) is 14.2. The predicted octanol–water partition coefficient (Wildman–Crippen LogP) is 1.51. The quantitative estimate of drug-likeness (QED) is 0.777. The molecule has 2 atom stereocenters. The monoisotopic (exact) mass is 363 g/mol. The van der Waals surface area contributed by atoms with E-state index in [9.17, 15) is 9.59 Å². The van der Waals surface area contributed by atoms with E-state index in [0.717, 1.165) is 44.0 Å². The molecule has 0 aromatic rings. The molecular weight excluding hydrogens is 334 g/mol. The van der Waals surface area contributed by atoms with E-state index in [2.05, 4.69) is 10.6 Å². The van der Waals surface area contributed by atoms with Gasteiger partial charge < -0.3 is 15.5 Å². The minimum atomic E-state index is 0. The Kier molecular flexibility index (Phi) is 9.32. The molecule has 0 bridgehead atoms. The summed E-state index contributed by atoms with van der Waals surface area (Å²) in [5, 5.41) is 6.43. The highest BCUT2D eigenvalue weighted by molar-refractivity contribution is 7.99. The van der Waals surface area contributed by atoms with E-state index in [1.165, 1.54) is 0 Å². The Hall–Kier alpha value is -0.460. The number of piperidine rings is 1. The SMILES string of the molecule is CC(C)C(=O)NCC1CCCN(C(=O)CC2CSCCN2)C1.Cl. The Morgan fingerprint density at radius 1 is 1.39 bits per heavy atom. The number of halogens is 1. The van der Waals surface area contributed by atoms with Crippen LogP contribution in [0.3, 0.4) is 0 Å². The summed E-state index contributed by atoms with van der Waals surface area (Å²) >= 11 is 1.93. The van der Waals surface area contributed by atoms with Gasteiger partial charge in [0.05, 0.1) is 0 Å². The number of carbonyl (C=O) groups is 2. The zero-order chi connectivity index (χ0) is 15.9. The largest absolute Gasteiger partial charge is 0.356 e. The van der Waals surface area contributed by atoms with Gasteiger partial charge in [0, 0.05) is 56.1 Å². The average molecular weight is 364 g/mol. The van der Waals surface area contributed by atoms with Crippen LogP contribution in [0, 0.1) is 11.8 Å². The number of hydrogen-bond donors (Lipinski definition) is 2. The molecule has 2 rings (SSSR count). The Balaban J connectivity index is 0.00000264. The molecule has 0 spiro atoms. The van der Waals surface area contributed by atoms with Gasteiger partial charge in [0.15, 0.2) is 0 Å². The first kappa shape index (κ1) is 20.6. The highest BCUT2D eigenvalue weighted by Crippen LogP contribution is 2.18. The third kappa shape index (κ3) is 6.89. The van der Waals surface area contributed by atoms with Crippen molar-refractivity contribution in [2.24, 2.45) is 11.8 Å². The summed E-state index contributed by atoms with van der Waals surface area (Å²) in [6.07, 6.45) is 2.75. The number of nitrogens with one attached hydrogen (secondary N) is 2. The standard InChI is InChI=1S/C16H29N3O2S.ClH/c1-12(2)16(21)18-9-13-4-3-6-19(10-13)15(20)8-14-11-22-7-5-17-14;/h12-14,17H,3-11H2,1-2H3,(H,18,21);1H. The van der Waals surface area contributed by atoms with Crippen molar-refractivity contribution >= 4 is 36.0 Å².